The molecule has 3 saturated carbocycles. The van der Waals surface area contributed by atoms with E-state index in [1.165, 1.54) is 0 Å². The molecule has 0 amide bonds. The third-order valence-corrected chi connectivity index (χ3v) is 11.0. The highest BCUT2D eigenvalue weighted by atomic mass is 35.5. The molecule has 0 aromatic carbocycles. The van der Waals surface area contributed by atoms with Gasteiger partial charge in [-0.25, -0.2) is 0 Å². The molecular formula is C30H53ClO5. The van der Waals surface area contributed by atoms with Gasteiger partial charge in [0.05, 0.1) is 30.5 Å². The van der Waals surface area contributed by atoms with Crippen molar-refractivity contribution in [3.8, 4) is 0 Å². The van der Waals surface area contributed by atoms with Crippen LogP contribution in [0.1, 0.15) is 98.3 Å². The van der Waals surface area contributed by atoms with Crippen LogP contribution in [0, 0.1) is 40.9 Å². The van der Waals surface area contributed by atoms with Crippen molar-refractivity contribution in [1.82, 2.24) is 0 Å². The Hall–Kier alpha value is -0.170. The zero-order valence-corrected chi connectivity index (χ0v) is 23.8. The SMILES string of the molecule is C=C(C(O)[C@@H]1CCC(C(O)CO)C1)[C@H](C(C)C)C(O)C1CCC(C)(C)C(O)(C2CCC(Cl)CC2)CC1. The van der Waals surface area contributed by atoms with E-state index in [9.17, 15) is 25.5 Å². The lowest BCUT2D eigenvalue weighted by Gasteiger charge is -2.49. The number of alkyl halides is 1. The van der Waals surface area contributed by atoms with Gasteiger partial charge in [-0.3, -0.25) is 0 Å². The lowest BCUT2D eigenvalue weighted by Crippen LogP contribution is -2.51. The fourth-order valence-corrected chi connectivity index (χ4v) is 8.20. The average Bonchev–Trinajstić information content (AvgIpc) is 3.28. The van der Waals surface area contributed by atoms with Gasteiger partial charge in [-0.1, -0.05) is 34.3 Å². The Bertz CT molecular complexity index is 718. The van der Waals surface area contributed by atoms with Crippen molar-refractivity contribution in [2.75, 3.05) is 6.61 Å². The minimum atomic E-state index is -0.755. The molecule has 6 unspecified atom stereocenters. The van der Waals surface area contributed by atoms with Crippen molar-refractivity contribution in [2.45, 2.75) is 128 Å². The summed E-state index contributed by atoms with van der Waals surface area (Å²) in [7, 11) is 0. The number of hydrogen-bond acceptors (Lipinski definition) is 5. The number of hydrogen-bond donors (Lipinski definition) is 5. The molecule has 0 spiro atoms. The molecule has 8 atom stereocenters. The standard InChI is InChI=1S/C30H53ClO5/c1-18(2)26(19(3)27(34)22-7-6-21(16-22)25(33)17-32)28(35)20-12-14-29(4,5)30(36,15-13-20)23-8-10-24(31)11-9-23/h18,20-28,32-36H,3,6-17H2,1-2,4-5H3/t20?,21?,22-,23?,24?,25?,26+,27?,28?,30?/m1/s1. The predicted molar refractivity (Wildman–Crippen MR) is 146 cm³/mol. The molecule has 0 radical (unpaired) electrons. The first-order valence-corrected chi connectivity index (χ1v) is 15.0. The molecule has 0 saturated heterocycles. The maximum absolute atomic E-state index is 12.0. The largest absolute Gasteiger partial charge is 0.394 e. The normalized spacial score (nSPS) is 38.8. The van der Waals surface area contributed by atoms with E-state index in [2.05, 4.69) is 34.3 Å². The van der Waals surface area contributed by atoms with Crippen LogP contribution in [0.25, 0.3) is 0 Å². The molecule has 36 heavy (non-hydrogen) atoms. The maximum atomic E-state index is 12.0. The van der Waals surface area contributed by atoms with E-state index in [1.54, 1.807) is 0 Å². The highest BCUT2D eigenvalue weighted by molar-refractivity contribution is 6.20. The maximum Gasteiger partial charge on any atom is 0.0799 e. The Morgan fingerprint density at radius 3 is 2.06 bits per heavy atom. The van der Waals surface area contributed by atoms with Crippen molar-refractivity contribution in [3.63, 3.8) is 0 Å². The summed E-state index contributed by atoms with van der Waals surface area (Å²) in [5.74, 6) is 0.185. The van der Waals surface area contributed by atoms with Crippen molar-refractivity contribution in [1.29, 1.82) is 0 Å². The van der Waals surface area contributed by atoms with Crippen LogP contribution in [0.2, 0.25) is 0 Å². The molecule has 0 aromatic rings. The minimum Gasteiger partial charge on any atom is -0.394 e. The Balaban J connectivity index is 1.70. The van der Waals surface area contributed by atoms with Crippen LogP contribution in [0.3, 0.4) is 0 Å². The van der Waals surface area contributed by atoms with Crippen LogP contribution in [-0.4, -0.2) is 61.4 Å². The van der Waals surface area contributed by atoms with Gasteiger partial charge in [0.15, 0.2) is 0 Å². The summed E-state index contributed by atoms with van der Waals surface area (Å²) in [6, 6.07) is 0. The van der Waals surface area contributed by atoms with Gasteiger partial charge in [-0.15, -0.1) is 11.6 Å². The number of halogens is 1. The highest BCUT2D eigenvalue weighted by Crippen LogP contribution is 2.53. The molecule has 6 heteroatoms. The van der Waals surface area contributed by atoms with E-state index in [-0.39, 0.29) is 52.9 Å². The van der Waals surface area contributed by atoms with E-state index >= 15 is 0 Å². The van der Waals surface area contributed by atoms with Crippen LogP contribution < -0.4 is 0 Å². The second kappa shape index (κ2) is 12.3. The van der Waals surface area contributed by atoms with Gasteiger partial charge in [-0.05, 0) is 111 Å². The Morgan fingerprint density at radius 1 is 0.889 bits per heavy atom. The number of aliphatic hydroxyl groups is 5. The van der Waals surface area contributed by atoms with E-state index in [4.69, 9.17) is 11.6 Å². The summed E-state index contributed by atoms with van der Waals surface area (Å²) in [5, 5.41) is 54.6. The molecule has 3 aliphatic carbocycles. The lowest BCUT2D eigenvalue weighted by molar-refractivity contribution is -0.126. The summed E-state index contributed by atoms with van der Waals surface area (Å²) < 4.78 is 0. The third-order valence-electron chi connectivity index (χ3n) is 10.6. The van der Waals surface area contributed by atoms with Gasteiger partial charge in [-0.2, -0.15) is 0 Å². The van der Waals surface area contributed by atoms with E-state index < -0.39 is 23.9 Å². The first-order chi connectivity index (χ1) is 16.8. The van der Waals surface area contributed by atoms with Gasteiger partial charge in [0.1, 0.15) is 0 Å². The molecule has 0 bridgehead atoms. The molecular weight excluding hydrogens is 476 g/mol. The lowest BCUT2D eigenvalue weighted by atomic mass is 9.61. The quantitative estimate of drug-likeness (QED) is 0.164. The van der Waals surface area contributed by atoms with E-state index in [0.717, 1.165) is 57.8 Å². The number of rotatable bonds is 9. The van der Waals surface area contributed by atoms with E-state index in [0.29, 0.717) is 18.4 Å². The molecule has 210 valence electrons. The summed E-state index contributed by atoms with van der Waals surface area (Å²) >= 11 is 6.36. The van der Waals surface area contributed by atoms with Gasteiger partial charge in [0, 0.05) is 11.3 Å². The fourth-order valence-electron chi connectivity index (χ4n) is 7.95. The summed E-state index contributed by atoms with van der Waals surface area (Å²) in [5.41, 5.74) is -0.295. The molecule has 3 rings (SSSR count). The third kappa shape index (κ3) is 6.34. The summed E-state index contributed by atoms with van der Waals surface area (Å²) in [6.45, 7) is 12.6. The van der Waals surface area contributed by atoms with Crippen LogP contribution in [0.15, 0.2) is 12.2 Å². The molecule has 0 aromatic heterocycles. The van der Waals surface area contributed by atoms with Crippen molar-refractivity contribution in [2.24, 2.45) is 40.9 Å². The monoisotopic (exact) mass is 528 g/mol. The first-order valence-electron chi connectivity index (χ1n) is 14.5. The Kier molecular flexibility index (Phi) is 10.4. The second-order valence-electron chi connectivity index (χ2n) is 13.5. The molecule has 5 N–H and O–H groups in total. The van der Waals surface area contributed by atoms with E-state index in [1.807, 2.05) is 0 Å². The van der Waals surface area contributed by atoms with Gasteiger partial charge in [0.25, 0.3) is 0 Å². The summed E-state index contributed by atoms with van der Waals surface area (Å²) in [4.78, 5) is 0. The summed E-state index contributed by atoms with van der Waals surface area (Å²) in [6.07, 6.45) is 7.15. The Morgan fingerprint density at radius 2 is 1.47 bits per heavy atom. The van der Waals surface area contributed by atoms with Gasteiger partial charge < -0.3 is 25.5 Å². The smallest absolute Gasteiger partial charge is 0.0799 e. The van der Waals surface area contributed by atoms with Crippen LogP contribution in [0.4, 0.5) is 0 Å². The van der Waals surface area contributed by atoms with Gasteiger partial charge >= 0.3 is 0 Å². The van der Waals surface area contributed by atoms with Crippen molar-refractivity contribution >= 4 is 11.6 Å². The van der Waals surface area contributed by atoms with Crippen molar-refractivity contribution in [3.05, 3.63) is 12.2 Å². The molecule has 0 heterocycles. The first kappa shape index (κ1) is 30.4. The predicted octanol–water partition coefficient (Wildman–Crippen LogP) is 5.05. The fraction of sp³-hybridized carbons (Fsp3) is 0.933. The Labute approximate surface area is 224 Å². The second-order valence-corrected chi connectivity index (χ2v) is 14.1. The average molecular weight is 529 g/mol. The highest BCUT2D eigenvalue weighted by Gasteiger charge is 2.52. The molecule has 3 fully saturated rings. The molecule has 3 aliphatic rings. The molecule has 0 aliphatic heterocycles. The van der Waals surface area contributed by atoms with Gasteiger partial charge in [0.2, 0.25) is 0 Å². The van der Waals surface area contributed by atoms with Crippen LogP contribution in [-0.2, 0) is 0 Å². The van der Waals surface area contributed by atoms with Crippen molar-refractivity contribution < 1.29 is 25.5 Å². The molecule has 5 nitrogen and oxygen atoms in total. The zero-order valence-electron chi connectivity index (χ0n) is 23.1. The van der Waals surface area contributed by atoms with Crippen LogP contribution >= 0.6 is 11.6 Å². The minimum absolute atomic E-state index is 0.000470. The van der Waals surface area contributed by atoms with Crippen LogP contribution in [0.5, 0.6) is 0 Å². The zero-order chi connectivity index (χ0) is 26.8. The topological polar surface area (TPSA) is 101 Å². The number of aliphatic hydroxyl groups excluding tert-OH is 4.